The van der Waals surface area contributed by atoms with Crippen LogP contribution in [0.5, 0.6) is 0 Å². The van der Waals surface area contributed by atoms with Crippen molar-refractivity contribution in [3.8, 4) is 5.69 Å². The van der Waals surface area contributed by atoms with Gasteiger partial charge < -0.3 is 15.0 Å². The van der Waals surface area contributed by atoms with Crippen molar-refractivity contribution < 1.29 is 13.5 Å². The Kier molecular flexibility index (Phi) is 4.95. The molecule has 0 radical (unpaired) electrons. The Morgan fingerprint density at radius 2 is 1.86 bits per heavy atom. The van der Waals surface area contributed by atoms with Gasteiger partial charge in [0.25, 0.3) is 0 Å². The highest BCUT2D eigenvalue weighted by Gasteiger charge is 2.22. The Morgan fingerprint density at radius 1 is 1.07 bits per heavy atom. The SMILES string of the molecule is COC1CCN(c2cc(C)cc(Nc3ncn(-c4cc(F)cc(F)c4)n3)c2)C1. The number of halogens is 2. The summed E-state index contributed by atoms with van der Waals surface area (Å²) < 4.78 is 33.6. The Bertz CT molecular complexity index is 970. The number of aromatic nitrogens is 3. The van der Waals surface area contributed by atoms with Crippen LogP contribution in [-0.2, 0) is 4.74 Å². The van der Waals surface area contributed by atoms with E-state index < -0.39 is 11.6 Å². The van der Waals surface area contributed by atoms with Gasteiger partial charge in [0.05, 0.1) is 11.8 Å². The Morgan fingerprint density at radius 3 is 2.57 bits per heavy atom. The first-order chi connectivity index (χ1) is 13.5. The van der Waals surface area contributed by atoms with Crippen molar-refractivity contribution in [3.63, 3.8) is 0 Å². The highest BCUT2D eigenvalue weighted by Crippen LogP contribution is 2.27. The van der Waals surface area contributed by atoms with Crippen LogP contribution in [0.15, 0.2) is 42.7 Å². The van der Waals surface area contributed by atoms with Crippen molar-refractivity contribution in [3.05, 3.63) is 59.9 Å². The normalized spacial score (nSPS) is 16.6. The molecule has 0 spiro atoms. The van der Waals surface area contributed by atoms with Gasteiger partial charge in [0.15, 0.2) is 0 Å². The number of aryl methyl sites for hydroxylation is 1. The lowest BCUT2D eigenvalue weighted by Crippen LogP contribution is -2.22. The first kappa shape index (κ1) is 18.4. The van der Waals surface area contributed by atoms with E-state index in [-0.39, 0.29) is 11.8 Å². The van der Waals surface area contributed by atoms with Crippen molar-refractivity contribution in [1.29, 1.82) is 0 Å². The molecule has 4 rings (SSSR count). The van der Waals surface area contributed by atoms with Gasteiger partial charge in [-0.05, 0) is 49.2 Å². The fourth-order valence-corrected chi connectivity index (χ4v) is 3.42. The zero-order valence-corrected chi connectivity index (χ0v) is 15.7. The van der Waals surface area contributed by atoms with E-state index in [4.69, 9.17) is 4.74 Å². The molecule has 0 aliphatic carbocycles. The molecular weight excluding hydrogens is 364 g/mol. The number of hydrogen-bond acceptors (Lipinski definition) is 5. The number of anilines is 3. The third-order valence-corrected chi connectivity index (χ3v) is 4.77. The summed E-state index contributed by atoms with van der Waals surface area (Å²) in [7, 11) is 1.74. The van der Waals surface area contributed by atoms with E-state index in [1.807, 2.05) is 19.1 Å². The maximum absolute atomic E-state index is 13.4. The summed E-state index contributed by atoms with van der Waals surface area (Å²) in [5, 5.41) is 7.43. The topological polar surface area (TPSA) is 55.2 Å². The fourth-order valence-electron chi connectivity index (χ4n) is 3.42. The minimum Gasteiger partial charge on any atom is -0.380 e. The molecule has 1 atom stereocenters. The van der Waals surface area contributed by atoms with Gasteiger partial charge in [-0.25, -0.2) is 13.5 Å². The number of nitrogens with zero attached hydrogens (tertiary/aromatic N) is 4. The summed E-state index contributed by atoms with van der Waals surface area (Å²) in [6.45, 7) is 3.83. The van der Waals surface area contributed by atoms with E-state index in [0.29, 0.717) is 5.95 Å². The molecule has 2 aromatic carbocycles. The van der Waals surface area contributed by atoms with E-state index in [1.54, 1.807) is 7.11 Å². The summed E-state index contributed by atoms with van der Waals surface area (Å²) in [6, 6.07) is 9.38. The van der Waals surface area contributed by atoms with Crippen LogP contribution in [0.4, 0.5) is 26.1 Å². The van der Waals surface area contributed by atoms with Crippen molar-refractivity contribution in [2.75, 3.05) is 30.4 Å². The molecule has 1 N–H and O–H groups in total. The zero-order valence-electron chi connectivity index (χ0n) is 15.7. The molecule has 6 nitrogen and oxygen atoms in total. The van der Waals surface area contributed by atoms with Gasteiger partial charge in [-0.2, -0.15) is 4.98 Å². The molecule has 2 heterocycles. The fraction of sp³-hybridized carbons (Fsp3) is 0.300. The van der Waals surface area contributed by atoms with E-state index >= 15 is 0 Å². The van der Waals surface area contributed by atoms with Crippen LogP contribution >= 0.6 is 0 Å². The summed E-state index contributed by atoms with van der Waals surface area (Å²) in [5.74, 6) is -0.982. The maximum Gasteiger partial charge on any atom is 0.246 e. The lowest BCUT2D eigenvalue weighted by Gasteiger charge is -2.20. The summed E-state index contributed by atoms with van der Waals surface area (Å²) >= 11 is 0. The average Bonchev–Trinajstić information content (AvgIpc) is 3.29. The van der Waals surface area contributed by atoms with Gasteiger partial charge in [0, 0.05) is 37.6 Å². The van der Waals surface area contributed by atoms with Crippen molar-refractivity contribution in [2.45, 2.75) is 19.4 Å². The smallest absolute Gasteiger partial charge is 0.246 e. The molecule has 1 fully saturated rings. The second-order valence-electron chi connectivity index (χ2n) is 6.92. The van der Waals surface area contributed by atoms with Gasteiger partial charge in [-0.15, -0.1) is 5.10 Å². The second-order valence-corrected chi connectivity index (χ2v) is 6.92. The average molecular weight is 385 g/mol. The minimum absolute atomic E-state index is 0.251. The monoisotopic (exact) mass is 385 g/mol. The number of hydrogen-bond donors (Lipinski definition) is 1. The van der Waals surface area contributed by atoms with E-state index in [9.17, 15) is 8.78 Å². The quantitative estimate of drug-likeness (QED) is 0.724. The van der Waals surface area contributed by atoms with Crippen molar-refractivity contribution >= 4 is 17.3 Å². The summed E-state index contributed by atoms with van der Waals surface area (Å²) in [6.07, 6.45) is 2.67. The molecule has 8 heteroatoms. The van der Waals surface area contributed by atoms with Crippen LogP contribution in [0.3, 0.4) is 0 Å². The Balaban J connectivity index is 1.54. The van der Waals surface area contributed by atoms with Crippen molar-refractivity contribution in [1.82, 2.24) is 14.8 Å². The third kappa shape index (κ3) is 3.96. The first-order valence-electron chi connectivity index (χ1n) is 9.05. The molecule has 0 bridgehead atoms. The molecular formula is C20H21F2N5O. The molecule has 28 heavy (non-hydrogen) atoms. The van der Waals surface area contributed by atoms with E-state index in [0.717, 1.165) is 42.5 Å². The minimum atomic E-state index is -0.664. The molecule has 0 amide bonds. The standard InChI is InChI=1S/C20H21F2N5O/c1-13-5-16(10-17(6-13)26-4-3-19(11-26)28-2)24-20-23-12-27(25-20)18-8-14(21)7-15(22)9-18/h5-10,12,19H,3-4,11H2,1-2H3,(H,24,25). The van der Waals surface area contributed by atoms with Crippen LogP contribution in [0.1, 0.15) is 12.0 Å². The molecule has 1 aliphatic rings. The molecule has 0 saturated carbocycles. The van der Waals surface area contributed by atoms with Crippen LogP contribution in [0.2, 0.25) is 0 Å². The van der Waals surface area contributed by atoms with E-state index in [2.05, 4.69) is 26.4 Å². The van der Waals surface area contributed by atoms with Gasteiger partial charge >= 0.3 is 0 Å². The number of nitrogens with one attached hydrogen (secondary N) is 1. The van der Waals surface area contributed by atoms with Gasteiger partial charge in [0.1, 0.15) is 18.0 Å². The van der Waals surface area contributed by atoms with Crippen molar-refractivity contribution in [2.24, 2.45) is 0 Å². The molecule has 1 aromatic heterocycles. The van der Waals surface area contributed by atoms with E-state index in [1.165, 1.54) is 23.1 Å². The predicted molar refractivity (Wildman–Crippen MR) is 103 cm³/mol. The zero-order chi connectivity index (χ0) is 19.7. The highest BCUT2D eigenvalue weighted by atomic mass is 19.1. The lowest BCUT2D eigenvalue weighted by molar-refractivity contribution is 0.121. The van der Waals surface area contributed by atoms with Gasteiger partial charge in [-0.3, -0.25) is 0 Å². The van der Waals surface area contributed by atoms with Crippen LogP contribution in [-0.4, -0.2) is 41.1 Å². The lowest BCUT2D eigenvalue weighted by atomic mass is 10.2. The molecule has 1 saturated heterocycles. The third-order valence-electron chi connectivity index (χ3n) is 4.77. The maximum atomic E-state index is 13.4. The second kappa shape index (κ2) is 7.55. The number of rotatable bonds is 5. The van der Waals surface area contributed by atoms with Gasteiger partial charge in [-0.1, -0.05) is 0 Å². The number of ether oxygens (including phenoxy) is 1. The first-order valence-corrected chi connectivity index (χ1v) is 9.05. The summed E-state index contributed by atoms with van der Waals surface area (Å²) in [4.78, 5) is 6.48. The van der Waals surface area contributed by atoms with Crippen LogP contribution in [0, 0.1) is 18.6 Å². The summed E-state index contributed by atoms with van der Waals surface area (Å²) in [5.41, 5.74) is 3.32. The van der Waals surface area contributed by atoms with Crippen LogP contribution in [0.25, 0.3) is 5.69 Å². The molecule has 146 valence electrons. The Labute approximate surface area is 161 Å². The molecule has 1 unspecified atom stereocenters. The molecule has 1 aliphatic heterocycles. The van der Waals surface area contributed by atoms with Gasteiger partial charge in [0.2, 0.25) is 5.95 Å². The highest BCUT2D eigenvalue weighted by molar-refractivity contribution is 5.64. The number of benzene rings is 2. The molecule has 3 aromatic rings. The largest absolute Gasteiger partial charge is 0.380 e. The van der Waals surface area contributed by atoms with Crippen LogP contribution < -0.4 is 10.2 Å². The predicted octanol–water partition coefficient (Wildman–Crippen LogP) is 3.82. The Hall–Kier alpha value is -3.00. The number of methoxy groups -OCH3 is 1.